The largest absolute Gasteiger partial charge is 0.508 e. The number of phenolic OH excluding ortho intramolecular Hbond substituents is 2. The predicted octanol–water partition coefficient (Wildman–Crippen LogP) is -0.794. The van der Waals surface area contributed by atoms with Gasteiger partial charge in [0, 0.05) is 19.4 Å². The second-order valence-electron chi connectivity index (χ2n) is 14.2. The number of aliphatic hydroxyl groups is 1. The SMILES string of the molecule is C[C@@H](NC(=O)[C@@H](N)Cc1ccc(O)cc1)C(=O)N[C@@H](Cc1ccccc1)C(=O)NCC(=O)N[C@@H](Cc1cc(I)c(O)c(I)c1)C(=O)N1CCC[C@H]1C(=O)N[C@@H](CO)C(N)=O. The molecular formula is C40H48I2N8O10. The zero-order valence-electron chi connectivity index (χ0n) is 32.5. The fourth-order valence-corrected chi connectivity index (χ4v) is 8.30. The standard InChI is InChI=1S/C40H48I2N8O10/c1-21(46-37(57)28(43)16-23-9-11-25(52)12-10-23)36(56)48-29(17-22-6-3-2-4-7-22)38(58)45-19-33(53)47-30(18-24-14-26(41)34(54)27(42)15-24)40(60)50-13-5-8-32(50)39(59)49-31(20-51)35(44)55/h2-4,6-7,9-12,14-15,21,28-32,51-52,54H,5,8,13,16-20,43H2,1H3,(H2,44,55)(H,45,58)(H,46,57)(H,47,53)(H,48,56)(H,49,59)/t21-,28+,29+,30+,31+,32+/m1/s1. The summed E-state index contributed by atoms with van der Waals surface area (Å²) in [5.74, 6) is -5.01. The Morgan fingerprint density at radius 3 is 2.00 bits per heavy atom. The van der Waals surface area contributed by atoms with Crippen molar-refractivity contribution in [1.29, 1.82) is 0 Å². The summed E-state index contributed by atoms with van der Waals surface area (Å²) >= 11 is 3.87. The molecule has 60 heavy (non-hydrogen) atoms. The van der Waals surface area contributed by atoms with Crippen LogP contribution in [0.5, 0.6) is 11.5 Å². The number of rotatable bonds is 19. The van der Waals surface area contributed by atoms with E-state index >= 15 is 0 Å². The molecule has 0 aliphatic carbocycles. The van der Waals surface area contributed by atoms with E-state index in [9.17, 15) is 48.9 Å². The number of aromatic hydroxyl groups is 2. The molecule has 322 valence electrons. The summed E-state index contributed by atoms with van der Waals surface area (Å²) in [6.07, 6.45) is 0.761. The Kier molecular flexibility index (Phi) is 17.9. The van der Waals surface area contributed by atoms with Crippen molar-refractivity contribution in [3.8, 4) is 11.5 Å². The van der Waals surface area contributed by atoms with Crippen LogP contribution in [-0.4, -0.2) is 118 Å². The van der Waals surface area contributed by atoms with Crippen molar-refractivity contribution in [2.45, 2.75) is 75.3 Å². The Morgan fingerprint density at radius 2 is 1.38 bits per heavy atom. The Balaban J connectivity index is 1.46. The number of benzene rings is 3. The number of carbonyl (C=O) groups is 7. The third-order valence-electron chi connectivity index (χ3n) is 9.65. The highest BCUT2D eigenvalue weighted by Crippen LogP contribution is 2.28. The van der Waals surface area contributed by atoms with Crippen LogP contribution >= 0.6 is 45.2 Å². The minimum atomic E-state index is -1.37. The molecule has 3 aromatic rings. The average Bonchev–Trinajstić information content (AvgIpc) is 3.71. The first-order valence-electron chi connectivity index (χ1n) is 18.9. The van der Waals surface area contributed by atoms with Gasteiger partial charge in [-0.25, -0.2) is 0 Å². The second kappa shape index (κ2) is 22.5. The van der Waals surface area contributed by atoms with Crippen LogP contribution in [0.1, 0.15) is 36.5 Å². The zero-order chi connectivity index (χ0) is 44.1. The van der Waals surface area contributed by atoms with Crippen LogP contribution in [0.2, 0.25) is 0 Å². The smallest absolute Gasteiger partial charge is 0.246 e. The molecular weight excluding hydrogens is 1010 g/mol. The third-order valence-corrected chi connectivity index (χ3v) is 11.3. The van der Waals surface area contributed by atoms with E-state index in [-0.39, 0.29) is 43.7 Å². The fourth-order valence-electron chi connectivity index (χ4n) is 6.41. The monoisotopic (exact) mass is 1050 g/mol. The lowest BCUT2D eigenvalue weighted by Crippen LogP contribution is -2.58. The quantitative estimate of drug-likeness (QED) is 0.0664. The summed E-state index contributed by atoms with van der Waals surface area (Å²) in [5.41, 5.74) is 13.3. The normalized spacial score (nSPS) is 16.0. The van der Waals surface area contributed by atoms with Crippen LogP contribution in [0, 0.1) is 7.14 Å². The van der Waals surface area contributed by atoms with Gasteiger partial charge in [0.15, 0.2) is 0 Å². The number of amides is 7. The first-order valence-corrected chi connectivity index (χ1v) is 21.1. The third kappa shape index (κ3) is 13.7. The maximum Gasteiger partial charge on any atom is 0.246 e. The Hall–Kier alpha value is -5.07. The van der Waals surface area contributed by atoms with Gasteiger partial charge in [-0.05, 0) is 112 Å². The number of likely N-dealkylation sites (tertiary alicyclic amines) is 1. The van der Waals surface area contributed by atoms with Gasteiger partial charge in [-0.3, -0.25) is 33.6 Å². The minimum absolute atomic E-state index is 0.0194. The van der Waals surface area contributed by atoms with E-state index in [0.29, 0.717) is 30.3 Å². The molecule has 0 saturated carbocycles. The van der Waals surface area contributed by atoms with Crippen LogP contribution in [0.25, 0.3) is 0 Å². The number of phenols is 2. The van der Waals surface area contributed by atoms with E-state index < -0.39 is 90.8 Å². The highest BCUT2D eigenvalue weighted by Gasteiger charge is 2.39. The molecule has 0 spiro atoms. The van der Waals surface area contributed by atoms with Crippen molar-refractivity contribution in [2.75, 3.05) is 19.7 Å². The minimum Gasteiger partial charge on any atom is -0.508 e. The summed E-state index contributed by atoms with van der Waals surface area (Å²) < 4.78 is 0.994. The number of carbonyl (C=O) groups excluding carboxylic acids is 7. The molecule has 20 heteroatoms. The molecule has 1 heterocycles. The molecule has 0 aromatic heterocycles. The highest BCUT2D eigenvalue weighted by molar-refractivity contribution is 14.1. The molecule has 7 amide bonds. The molecule has 0 bridgehead atoms. The van der Waals surface area contributed by atoms with Gasteiger partial charge in [-0.2, -0.15) is 0 Å². The topological polar surface area (TPSA) is 296 Å². The number of nitrogens with zero attached hydrogens (tertiary/aromatic N) is 1. The van der Waals surface area contributed by atoms with Crippen molar-refractivity contribution in [3.05, 3.63) is 90.6 Å². The number of aliphatic hydroxyl groups excluding tert-OH is 1. The van der Waals surface area contributed by atoms with Gasteiger partial charge < -0.3 is 58.3 Å². The van der Waals surface area contributed by atoms with Crippen LogP contribution in [0.3, 0.4) is 0 Å². The molecule has 4 rings (SSSR count). The van der Waals surface area contributed by atoms with Gasteiger partial charge >= 0.3 is 0 Å². The lowest BCUT2D eigenvalue weighted by Gasteiger charge is -2.29. The van der Waals surface area contributed by atoms with Crippen LogP contribution in [0.15, 0.2) is 66.7 Å². The van der Waals surface area contributed by atoms with E-state index in [2.05, 4.69) is 26.6 Å². The summed E-state index contributed by atoms with van der Waals surface area (Å²) in [6, 6.07) is 11.2. The number of hydrogen-bond donors (Lipinski definition) is 10. The number of nitrogens with one attached hydrogen (secondary N) is 5. The molecule has 1 fully saturated rings. The van der Waals surface area contributed by atoms with Crippen molar-refractivity contribution >= 4 is 86.5 Å². The summed E-state index contributed by atoms with van der Waals surface area (Å²) in [5, 5.41) is 42.1. The van der Waals surface area contributed by atoms with Crippen molar-refractivity contribution in [2.24, 2.45) is 11.5 Å². The lowest BCUT2D eigenvalue weighted by molar-refractivity contribution is -0.142. The van der Waals surface area contributed by atoms with E-state index in [4.69, 9.17) is 11.5 Å². The molecule has 6 atom stereocenters. The first kappa shape index (κ1) is 47.6. The zero-order valence-corrected chi connectivity index (χ0v) is 36.8. The first-order chi connectivity index (χ1) is 28.5. The van der Waals surface area contributed by atoms with Gasteiger partial charge in [0.05, 0.1) is 26.3 Å². The molecule has 1 saturated heterocycles. The van der Waals surface area contributed by atoms with Crippen LogP contribution in [-0.2, 0) is 52.8 Å². The van der Waals surface area contributed by atoms with Gasteiger partial charge in [0.1, 0.15) is 41.7 Å². The number of nitrogens with two attached hydrogens (primary N) is 2. The van der Waals surface area contributed by atoms with Crippen LogP contribution < -0.4 is 38.1 Å². The predicted molar refractivity (Wildman–Crippen MR) is 235 cm³/mol. The van der Waals surface area contributed by atoms with Gasteiger partial charge in [-0.15, -0.1) is 0 Å². The molecule has 12 N–H and O–H groups in total. The summed E-state index contributed by atoms with van der Waals surface area (Å²) in [7, 11) is 0. The number of hydrogen-bond acceptors (Lipinski definition) is 11. The molecule has 1 aliphatic heterocycles. The van der Waals surface area contributed by atoms with E-state index in [0.717, 1.165) is 0 Å². The van der Waals surface area contributed by atoms with E-state index in [1.807, 2.05) is 45.2 Å². The second-order valence-corrected chi connectivity index (χ2v) is 16.6. The molecule has 1 aliphatic rings. The Bertz CT molecular complexity index is 2020. The number of primary amides is 1. The lowest BCUT2D eigenvalue weighted by atomic mass is 10.0. The van der Waals surface area contributed by atoms with Crippen molar-refractivity contribution in [1.82, 2.24) is 31.5 Å². The maximum atomic E-state index is 14.1. The highest BCUT2D eigenvalue weighted by atomic mass is 127. The molecule has 0 unspecified atom stereocenters. The van der Waals surface area contributed by atoms with E-state index in [1.54, 1.807) is 54.6 Å². The average molecular weight is 1050 g/mol. The summed E-state index contributed by atoms with van der Waals surface area (Å²) in [6.45, 7) is 0.214. The van der Waals surface area contributed by atoms with Gasteiger partial charge in [0.25, 0.3) is 0 Å². The fraction of sp³-hybridized carbons (Fsp3) is 0.375. The molecule has 3 aromatic carbocycles. The Labute approximate surface area is 373 Å². The van der Waals surface area contributed by atoms with Crippen molar-refractivity contribution < 1.29 is 48.9 Å². The van der Waals surface area contributed by atoms with E-state index in [1.165, 1.54) is 24.0 Å². The Morgan fingerprint density at radius 1 is 0.767 bits per heavy atom. The molecule has 18 nitrogen and oxygen atoms in total. The van der Waals surface area contributed by atoms with Gasteiger partial charge in [-0.1, -0.05) is 42.5 Å². The van der Waals surface area contributed by atoms with Gasteiger partial charge in [0.2, 0.25) is 41.4 Å². The summed E-state index contributed by atoms with van der Waals surface area (Å²) in [4.78, 5) is 93.6. The number of halogens is 2. The maximum absolute atomic E-state index is 14.1. The van der Waals surface area contributed by atoms with Crippen LogP contribution in [0.4, 0.5) is 0 Å². The molecule has 0 radical (unpaired) electrons. The van der Waals surface area contributed by atoms with Crippen molar-refractivity contribution in [3.63, 3.8) is 0 Å².